The van der Waals surface area contributed by atoms with E-state index in [1.807, 2.05) is 6.07 Å². The molecule has 1 aliphatic heterocycles. The molecule has 3 aromatic rings. The van der Waals surface area contributed by atoms with Gasteiger partial charge in [-0.15, -0.1) is 0 Å². The largest absolute Gasteiger partial charge is 0.478 e. The molecule has 2 N–H and O–H groups in total. The van der Waals surface area contributed by atoms with Crippen LogP contribution < -0.4 is 4.74 Å². The second-order valence-corrected chi connectivity index (χ2v) is 7.34. The third-order valence-corrected chi connectivity index (χ3v) is 4.52. The molecule has 4 rings (SSSR count). The summed E-state index contributed by atoms with van der Waals surface area (Å²) in [4.78, 5) is 26.7. The normalized spacial score (nSPS) is 12.2. The summed E-state index contributed by atoms with van der Waals surface area (Å²) in [5.41, 5.74) is 0.662. The molecule has 0 aliphatic carbocycles. The Morgan fingerprint density at radius 2 is 1.42 bits per heavy atom. The highest BCUT2D eigenvalue weighted by atomic mass is 79.9. The molecule has 0 spiro atoms. The van der Waals surface area contributed by atoms with Gasteiger partial charge < -0.3 is 14.9 Å². The Morgan fingerprint density at radius 3 is 1.77 bits per heavy atom. The van der Waals surface area contributed by atoms with Crippen LogP contribution in [-0.2, 0) is 0 Å². The summed E-state index contributed by atoms with van der Waals surface area (Å²) in [5, 5.41) is 16.8. The summed E-state index contributed by atoms with van der Waals surface area (Å²) >= 11 is 3.34. The van der Waals surface area contributed by atoms with E-state index in [-0.39, 0.29) is 0 Å². The van der Waals surface area contributed by atoms with E-state index in [0.29, 0.717) is 17.9 Å². The van der Waals surface area contributed by atoms with Crippen molar-refractivity contribution in [2.45, 2.75) is 6.42 Å². The number of hydrogen-bond donors (Lipinski definition) is 2. The van der Waals surface area contributed by atoms with Crippen LogP contribution in [0.5, 0.6) is 5.75 Å². The number of hydrogen-bond acceptors (Lipinski definition) is 5. The molecular formula is C23H23BrN2O5. The lowest BCUT2D eigenvalue weighted by atomic mass is 10.2. The highest BCUT2D eigenvalue weighted by molar-refractivity contribution is 9.10. The van der Waals surface area contributed by atoms with Gasteiger partial charge in [-0.25, -0.2) is 9.59 Å². The minimum Gasteiger partial charge on any atom is -0.478 e. The molecule has 0 atom stereocenters. The van der Waals surface area contributed by atoms with Crippen LogP contribution in [0.2, 0.25) is 0 Å². The van der Waals surface area contributed by atoms with Gasteiger partial charge in [-0.05, 0) is 52.7 Å². The van der Waals surface area contributed by atoms with Gasteiger partial charge in [-0.2, -0.15) is 0 Å². The van der Waals surface area contributed by atoms with Crippen LogP contribution in [0.4, 0.5) is 0 Å². The first kappa shape index (κ1) is 24.0. The highest BCUT2D eigenvalue weighted by Gasteiger charge is 2.13. The van der Waals surface area contributed by atoms with Gasteiger partial charge in [-0.1, -0.05) is 36.4 Å². The van der Waals surface area contributed by atoms with Crippen LogP contribution in [0.15, 0.2) is 83.6 Å². The van der Waals surface area contributed by atoms with E-state index in [9.17, 15) is 9.59 Å². The molecule has 162 valence electrons. The molecule has 0 unspecified atom stereocenters. The van der Waals surface area contributed by atoms with Crippen LogP contribution in [0.3, 0.4) is 0 Å². The summed E-state index contributed by atoms with van der Waals surface area (Å²) in [6.45, 7) is 2.99. The molecule has 7 nitrogen and oxygen atoms in total. The number of ether oxygens (including phenoxy) is 1. The van der Waals surface area contributed by atoms with Crippen LogP contribution in [0.25, 0.3) is 0 Å². The highest BCUT2D eigenvalue weighted by Crippen LogP contribution is 2.16. The van der Waals surface area contributed by atoms with Gasteiger partial charge in [0.05, 0.1) is 17.3 Å². The number of pyridine rings is 1. The van der Waals surface area contributed by atoms with Gasteiger partial charge in [-0.3, -0.25) is 9.88 Å². The fraction of sp³-hybridized carbons (Fsp3) is 0.174. The number of aromatic carboxylic acids is 2. The third-order valence-electron chi connectivity index (χ3n) is 4.08. The zero-order chi connectivity index (χ0) is 22.5. The van der Waals surface area contributed by atoms with Crippen LogP contribution >= 0.6 is 15.9 Å². The van der Waals surface area contributed by atoms with Crippen molar-refractivity contribution in [2.24, 2.45) is 0 Å². The molecule has 0 radical (unpaired) electrons. The minimum atomic E-state index is -0.879. The summed E-state index contributed by atoms with van der Waals surface area (Å²) in [5.74, 6) is -0.938. The smallest absolute Gasteiger partial charge is 0.335 e. The topological polar surface area (TPSA) is 100.0 Å². The molecule has 8 heteroatoms. The van der Waals surface area contributed by atoms with Crippen molar-refractivity contribution < 1.29 is 24.5 Å². The lowest BCUT2D eigenvalue weighted by Gasteiger charge is -2.29. The molecule has 31 heavy (non-hydrogen) atoms. The molecule has 0 saturated carbocycles. The SMILES string of the molecule is Brc1cncc(OCN2CCC2)c1.O=C(O)c1ccccc1.O=C(O)c1ccccc1. The number of nitrogens with zero attached hydrogens (tertiary/aromatic N) is 2. The summed E-state index contributed by atoms with van der Waals surface area (Å²) in [6, 6.07) is 18.5. The summed E-state index contributed by atoms with van der Waals surface area (Å²) in [7, 11) is 0. The second-order valence-electron chi connectivity index (χ2n) is 6.43. The van der Waals surface area contributed by atoms with Gasteiger partial charge in [0.1, 0.15) is 12.5 Å². The number of aromatic nitrogens is 1. The van der Waals surface area contributed by atoms with Crippen molar-refractivity contribution in [3.8, 4) is 5.75 Å². The van der Waals surface area contributed by atoms with E-state index in [2.05, 4.69) is 25.8 Å². The lowest BCUT2D eigenvalue weighted by Crippen LogP contribution is -2.39. The Labute approximate surface area is 189 Å². The fourth-order valence-corrected chi connectivity index (χ4v) is 2.65. The van der Waals surface area contributed by atoms with E-state index in [1.165, 1.54) is 6.42 Å². The maximum atomic E-state index is 10.2. The average Bonchev–Trinajstić information content (AvgIpc) is 2.75. The Hall–Kier alpha value is -3.23. The quantitative estimate of drug-likeness (QED) is 0.540. The third kappa shape index (κ3) is 9.41. The summed E-state index contributed by atoms with van der Waals surface area (Å²) in [6.07, 6.45) is 4.77. The molecule has 0 amide bonds. The van der Waals surface area contributed by atoms with E-state index in [0.717, 1.165) is 23.3 Å². The van der Waals surface area contributed by atoms with Crippen LogP contribution in [0.1, 0.15) is 27.1 Å². The van der Waals surface area contributed by atoms with Gasteiger partial charge in [0.15, 0.2) is 0 Å². The van der Waals surface area contributed by atoms with Crippen molar-refractivity contribution in [2.75, 3.05) is 19.8 Å². The lowest BCUT2D eigenvalue weighted by molar-refractivity contribution is 0.0686. The van der Waals surface area contributed by atoms with Crippen molar-refractivity contribution in [1.29, 1.82) is 0 Å². The second kappa shape index (κ2) is 13.1. The fourth-order valence-electron chi connectivity index (χ4n) is 2.31. The average molecular weight is 487 g/mol. The molecule has 1 fully saturated rings. The maximum absolute atomic E-state index is 10.2. The van der Waals surface area contributed by atoms with E-state index < -0.39 is 11.9 Å². The number of carboxylic acid groups (broad SMARTS) is 2. The van der Waals surface area contributed by atoms with Crippen LogP contribution in [-0.4, -0.2) is 51.9 Å². The number of rotatable bonds is 5. The number of carbonyl (C=O) groups is 2. The Bertz CT molecular complexity index is 901. The zero-order valence-corrected chi connectivity index (χ0v) is 18.3. The number of likely N-dealkylation sites (tertiary alicyclic amines) is 1. The molecule has 1 saturated heterocycles. The monoisotopic (exact) mass is 486 g/mol. The van der Waals surface area contributed by atoms with Crippen molar-refractivity contribution >= 4 is 27.9 Å². The molecular weight excluding hydrogens is 464 g/mol. The van der Waals surface area contributed by atoms with Crippen molar-refractivity contribution in [3.63, 3.8) is 0 Å². The standard InChI is InChI=1S/C9H11BrN2O.2C7H6O2/c10-8-4-9(6-11-5-8)13-7-12-2-1-3-12;2*8-7(9)6-4-2-1-3-5-6/h4-6H,1-3,7H2;2*1-5H,(H,8,9). The predicted molar refractivity (Wildman–Crippen MR) is 120 cm³/mol. The van der Waals surface area contributed by atoms with E-state index in [1.54, 1.807) is 73.1 Å². The van der Waals surface area contributed by atoms with Crippen molar-refractivity contribution in [1.82, 2.24) is 9.88 Å². The van der Waals surface area contributed by atoms with E-state index >= 15 is 0 Å². The predicted octanol–water partition coefficient (Wildman–Crippen LogP) is 4.66. The Morgan fingerprint density at radius 1 is 0.903 bits per heavy atom. The number of carboxylic acids is 2. The van der Waals surface area contributed by atoms with Gasteiger partial charge in [0.2, 0.25) is 0 Å². The maximum Gasteiger partial charge on any atom is 0.335 e. The first-order valence-electron chi connectivity index (χ1n) is 9.48. The molecule has 1 aliphatic rings. The van der Waals surface area contributed by atoms with Gasteiger partial charge in [0, 0.05) is 23.8 Å². The van der Waals surface area contributed by atoms with Gasteiger partial charge >= 0.3 is 11.9 Å². The number of benzene rings is 2. The molecule has 0 bridgehead atoms. The molecule has 1 aromatic heterocycles. The Kier molecular flexibility index (Phi) is 10.2. The first-order chi connectivity index (χ1) is 15.0. The Balaban J connectivity index is 0.000000170. The van der Waals surface area contributed by atoms with Gasteiger partial charge in [0.25, 0.3) is 0 Å². The molecule has 2 aromatic carbocycles. The zero-order valence-electron chi connectivity index (χ0n) is 16.7. The first-order valence-corrected chi connectivity index (χ1v) is 10.3. The van der Waals surface area contributed by atoms with Crippen LogP contribution in [0, 0.1) is 0 Å². The summed E-state index contributed by atoms with van der Waals surface area (Å²) < 4.78 is 6.48. The molecule has 2 heterocycles. The number of halogens is 1. The van der Waals surface area contributed by atoms with Crippen molar-refractivity contribution in [3.05, 3.63) is 94.7 Å². The van der Waals surface area contributed by atoms with E-state index in [4.69, 9.17) is 14.9 Å². The minimum absolute atomic E-state index is 0.331.